The molecule has 10 heteroatoms. The summed E-state index contributed by atoms with van der Waals surface area (Å²) in [5, 5.41) is 17.9. The first-order valence-corrected chi connectivity index (χ1v) is 8.01. The second-order valence-electron chi connectivity index (χ2n) is 5.54. The highest BCUT2D eigenvalue weighted by molar-refractivity contribution is 6.33. The van der Waals surface area contributed by atoms with E-state index in [4.69, 9.17) is 16.3 Å². The fraction of sp³-hybridized carbons (Fsp3) is 0.312. The minimum Gasteiger partial charge on any atom is -0.451 e. The number of hydrogen-bond donors (Lipinski definition) is 1. The van der Waals surface area contributed by atoms with Crippen LogP contribution in [0.4, 0.5) is 11.4 Å². The van der Waals surface area contributed by atoms with Crippen molar-refractivity contribution in [3.8, 4) is 0 Å². The van der Waals surface area contributed by atoms with E-state index in [-0.39, 0.29) is 23.6 Å². The van der Waals surface area contributed by atoms with Gasteiger partial charge >= 0.3 is 11.7 Å². The van der Waals surface area contributed by atoms with Crippen LogP contribution in [0.25, 0.3) is 0 Å². The van der Waals surface area contributed by atoms with Gasteiger partial charge in [0.15, 0.2) is 6.10 Å². The molecule has 0 aliphatic heterocycles. The number of aryl methyl sites for hydroxylation is 1. The van der Waals surface area contributed by atoms with Gasteiger partial charge in [-0.1, -0.05) is 23.7 Å². The molecular weight excluding hydrogens is 364 g/mol. The van der Waals surface area contributed by atoms with Crippen LogP contribution in [-0.4, -0.2) is 32.7 Å². The lowest BCUT2D eigenvalue weighted by atomic mass is 10.3. The molecule has 0 radical (unpaired) electrons. The lowest BCUT2D eigenvalue weighted by Gasteiger charge is -2.14. The number of nitrogens with one attached hydrogen (secondary N) is 1. The van der Waals surface area contributed by atoms with E-state index < -0.39 is 22.9 Å². The number of esters is 1. The van der Waals surface area contributed by atoms with Crippen molar-refractivity contribution in [3.63, 3.8) is 0 Å². The van der Waals surface area contributed by atoms with Gasteiger partial charge in [-0.25, -0.2) is 0 Å². The number of amides is 1. The predicted octanol–water partition coefficient (Wildman–Crippen LogP) is 2.63. The number of benzene rings is 1. The van der Waals surface area contributed by atoms with Crippen LogP contribution >= 0.6 is 11.6 Å². The highest BCUT2D eigenvalue weighted by Crippen LogP contribution is 2.22. The second-order valence-corrected chi connectivity index (χ2v) is 5.94. The minimum absolute atomic E-state index is 0.151. The van der Waals surface area contributed by atoms with E-state index in [1.807, 2.05) is 0 Å². The quantitative estimate of drug-likeness (QED) is 0.467. The van der Waals surface area contributed by atoms with Crippen molar-refractivity contribution >= 4 is 34.9 Å². The SMILES string of the molecule is Cc1nn(CC(=O)O[C@H](C)C(=O)Nc2ccccc2Cl)c(C)c1[N+](=O)[O-]. The van der Waals surface area contributed by atoms with Crippen molar-refractivity contribution in [2.45, 2.75) is 33.4 Å². The second kappa shape index (κ2) is 7.96. The number of anilines is 1. The van der Waals surface area contributed by atoms with Crippen LogP contribution in [0, 0.1) is 24.0 Å². The van der Waals surface area contributed by atoms with Crippen molar-refractivity contribution in [3.05, 3.63) is 50.8 Å². The molecule has 1 atom stereocenters. The first-order chi connectivity index (χ1) is 12.2. The zero-order valence-corrected chi connectivity index (χ0v) is 15.1. The Morgan fingerprint density at radius 2 is 2.04 bits per heavy atom. The van der Waals surface area contributed by atoms with E-state index in [2.05, 4.69) is 10.4 Å². The fourth-order valence-electron chi connectivity index (χ4n) is 2.31. The van der Waals surface area contributed by atoms with Gasteiger partial charge in [-0.15, -0.1) is 0 Å². The van der Waals surface area contributed by atoms with Crippen molar-refractivity contribution in [1.82, 2.24) is 9.78 Å². The summed E-state index contributed by atoms with van der Waals surface area (Å²) in [6.45, 7) is 4.03. The molecule has 1 heterocycles. The Morgan fingerprint density at radius 1 is 1.38 bits per heavy atom. The number of aromatic nitrogens is 2. The number of nitrogens with zero attached hydrogens (tertiary/aromatic N) is 3. The predicted molar refractivity (Wildman–Crippen MR) is 94.0 cm³/mol. The van der Waals surface area contributed by atoms with Gasteiger partial charge in [-0.2, -0.15) is 5.10 Å². The fourth-order valence-corrected chi connectivity index (χ4v) is 2.50. The van der Waals surface area contributed by atoms with Gasteiger partial charge in [0.05, 0.1) is 15.6 Å². The topological polar surface area (TPSA) is 116 Å². The number of rotatable bonds is 6. The number of ether oxygens (including phenoxy) is 1. The van der Waals surface area contributed by atoms with Crippen LogP contribution in [0.5, 0.6) is 0 Å². The Balaban J connectivity index is 1.99. The summed E-state index contributed by atoms with van der Waals surface area (Å²) >= 11 is 5.96. The van der Waals surface area contributed by atoms with E-state index >= 15 is 0 Å². The average Bonchev–Trinajstić information content (AvgIpc) is 2.83. The van der Waals surface area contributed by atoms with Crippen molar-refractivity contribution in [2.75, 3.05) is 5.32 Å². The first-order valence-electron chi connectivity index (χ1n) is 7.64. The molecule has 9 nitrogen and oxygen atoms in total. The van der Waals surface area contributed by atoms with E-state index in [0.29, 0.717) is 10.7 Å². The van der Waals surface area contributed by atoms with Crippen molar-refractivity contribution in [1.29, 1.82) is 0 Å². The van der Waals surface area contributed by atoms with E-state index in [1.165, 1.54) is 25.5 Å². The van der Waals surface area contributed by atoms with Crippen LogP contribution in [0.3, 0.4) is 0 Å². The summed E-state index contributed by atoms with van der Waals surface area (Å²) < 4.78 is 6.24. The van der Waals surface area contributed by atoms with E-state index in [0.717, 1.165) is 0 Å². The molecule has 1 aromatic carbocycles. The maximum Gasteiger partial charge on any atom is 0.328 e. The summed E-state index contributed by atoms with van der Waals surface area (Å²) in [4.78, 5) is 34.6. The lowest BCUT2D eigenvalue weighted by Crippen LogP contribution is -2.31. The third-order valence-corrected chi connectivity index (χ3v) is 3.94. The zero-order valence-electron chi connectivity index (χ0n) is 14.4. The highest BCUT2D eigenvalue weighted by atomic mass is 35.5. The summed E-state index contributed by atoms with van der Waals surface area (Å²) in [6.07, 6.45) is -1.08. The summed E-state index contributed by atoms with van der Waals surface area (Å²) in [5.74, 6) is -1.29. The number of carbonyl (C=O) groups excluding carboxylic acids is 2. The molecule has 0 spiro atoms. The van der Waals surface area contributed by atoms with Crippen LogP contribution in [0.2, 0.25) is 5.02 Å². The number of nitro groups is 1. The van der Waals surface area contributed by atoms with Gasteiger partial charge in [-0.3, -0.25) is 24.4 Å². The molecule has 0 fully saturated rings. The first kappa shape index (κ1) is 19.4. The average molecular weight is 381 g/mol. The molecule has 1 aromatic heterocycles. The van der Waals surface area contributed by atoms with Gasteiger partial charge in [0.1, 0.15) is 17.9 Å². The standard InChI is InChI=1S/C16H17ClN4O5/c1-9-15(21(24)25)10(2)20(19-9)8-14(22)26-11(3)16(23)18-13-7-5-4-6-12(13)17/h4-7,11H,8H2,1-3H3,(H,18,23)/t11-/m1/s1. The van der Waals surface area contributed by atoms with Crippen LogP contribution in [0.15, 0.2) is 24.3 Å². The zero-order chi connectivity index (χ0) is 19.4. The smallest absolute Gasteiger partial charge is 0.328 e. The molecule has 0 unspecified atom stereocenters. The summed E-state index contributed by atoms with van der Waals surface area (Å²) in [5.41, 5.74) is 0.681. The molecular formula is C16H17ClN4O5. The normalized spacial score (nSPS) is 11.7. The number of para-hydroxylation sites is 1. The van der Waals surface area contributed by atoms with Crippen LogP contribution < -0.4 is 5.32 Å². The van der Waals surface area contributed by atoms with Gasteiger partial charge in [0.25, 0.3) is 5.91 Å². The largest absolute Gasteiger partial charge is 0.451 e. The summed E-state index contributed by atoms with van der Waals surface area (Å²) in [6, 6.07) is 6.65. The van der Waals surface area contributed by atoms with E-state index in [9.17, 15) is 19.7 Å². The molecule has 1 amide bonds. The number of carbonyl (C=O) groups is 2. The number of halogens is 1. The molecule has 0 saturated heterocycles. The third-order valence-electron chi connectivity index (χ3n) is 3.61. The van der Waals surface area contributed by atoms with Gasteiger partial charge in [0, 0.05) is 0 Å². The van der Waals surface area contributed by atoms with Crippen molar-refractivity contribution in [2.24, 2.45) is 0 Å². The molecule has 0 aliphatic carbocycles. The minimum atomic E-state index is -1.08. The van der Waals surface area contributed by atoms with Gasteiger partial charge < -0.3 is 10.1 Å². The monoisotopic (exact) mass is 380 g/mol. The maximum absolute atomic E-state index is 12.1. The Bertz CT molecular complexity index is 864. The highest BCUT2D eigenvalue weighted by Gasteiger charge is 2.24. The Labute approximate surface area is 154 Å². The number of hydrogen-bond acceptors (Lipinski definition) is 6. The van der Waals surface area contributed by atoms with Crippen molar-refractivity contribution < 1.29 is 19.2 Å². The maximum atomic E-state index is 12.1. The van der Waals surface area contributed by atoms with Crippen LogP contribution in [-0.2, 0) is 20.9 Å². The molecule has 0 saturated carbocycles. The van der Waals surface area contributed by atoms with E-state index in [1.54, 1.807) is 24.3 Å². The van der Waals surface area contributed by atoms with Gasteiger partial charge in [-0.05, 0) is 32.9 Å². The van der Waals surface area contributed by atoms with Crippen LogP contribution in [0.1, 0.15) is 18.3 Å². The molecule has 0 bridgehead atoms. The molecule has 138 valence electrons. The Morgan fingerprint density at radius 3 is 2.62 bits per heavy atom. The molecule has 0 aliphatic rings. The molecule has 2 rings (SSSR count). The molecule has 1 N–H and O–H groups in total. The molecule has 26 heavy (non-hydrogen) atoms. The lowest BCUT2D eigenvalue weighted by molar-refractivity contribution is -0.386. The third kappa shape index (κ3) is 4.37. The molecule has 2 aromatic rings. The Hall–Kier alpha value is -2.94. The summed E-state index contributed by atoms with van der Waals surface area (Å²) in [7, 11) is 0. The Kier molecular flexibility index (Phi) is 5.93. The van der Waals surface area contributed by atoms with Gasteiger partial charge in [0.2, 0.25) is 0 Å².